The lowest BCUT2D eigenvalue weighted by molar-refractivity contribution is -0.148. The van der Waals surface area contributed by atoms with Crippen LogP contribution < -0.4 is 5.32 Å². The molecule has 2 rings (SSSR count). The van der Waals surface area contributed by atoms with E-state index in [9.17, 15) is 9.59 Å². The molecule has 1 amide bonds. The molecule has 112 valence electrons. The van der Waals surface area contributed by atoms with Gasteiger partial charge in [0, 0.05) is 7.11 Å². The van der Waals surface area contributed by atoms with E-state index >= 15 is 0 Å². The van der Waals surface area contributed by atoms with Gasteiger partial charge in [-0.2, -0.15) is 4.80 Å². The SMILES string of the molecule is COC(CNC(=O)Cn1nnc(-c2ccco2)n1)C(=O)O. The maximum Gasteiger partial charge on any atom is 0.334 e. The number of nitrogens with one attached hydrogen (secondary N) is 1. The number of carboxylic acid groups (broad SMARTS) is 1. The summed E-state index contributed by atoms with van der Waals surface area (Å²) in [7, 11) is 1.25. The van der Waals surface area contributed by atoms with Crippen molar-refractivity contribution in [3.8, 4) is 11.6 Å². The molecule has 21 heavy (non-hydrogen) atoms. The highest BCUT2D eigenvalue weighted by Crippen LogP contribution is 2.12. The van der Waals surface area contributed by atoms with Crippen molar-refractivity contribution in [3.63, 3.8) is 0 Å². The van der Waals surface area contributed by atoms with E-state index in [2.05, 4.69) is 25.5 Å². The summed E-state index contributed by atoms with van der Waals surface area (Å²) in [4.78, 5) is 23.4. The lowest BCUT2D eigenvalue weighted by Crippen LogP contribution is -2.39. The summed E-state index contributed by atoms with van der Waals surface area (Å²) in [5.41, 5.74) is 0. The summed E-state index contributed by atoms with van der Waals surface area (Å²) in [5.74, 6) is -0.918. The van der Waals surface area contributed by atoms with Crippen LogP contribution in [0.1, 0.15) is 0 Å². The maximum atomic E-state index is 11.6. The highest BCUT2D eigenvalue weighted by molar-refractivity contribution is 5.77. The van der Waals surface area contributed by atoms with Gasteiger partial charge in [-0.05, 0) is 17.3 Å². The fourth-order valence-electron chi connectivity index (χ4n) is 1.48. The second-order valence-electron chi connectivity index (χ2n) is 3.99. The topological polar surface area (TPSA) is 132 Å². The molecule has 0 spiro atoms. The number of nitrogens with zero attached hydrogens (tertiary/aromatic N) is 4. The normalized spacial score (nSPS) is 12.0. The Bertz CT molecular complexity index is 608. The van der Waals surface area contributed by atoms with E-state index in [-0.39, 0.29) is 18.9 Å². The summed E-state index contributed by atoms with van der Waals surface area (Å²) in [6.07, 6.45) is 0.371. The van der Waals surface area contributed by atoms with Crippen LogP contribution in [-0.4, -0.2) is 56.9 Å². The van der Waals surface area contributed by atoms with Gasteiger partial charge in [0.2, 0.25) is 11.7 Å². The molecule has 0 aromatic carbocycles. The molecule has 1 atom stereocenters. The quantitative estimate of drug-likeness (QED) is 0.675. The average Bonchev–Trinajstić information content (AvgIpc) is 3.09. The van der Waals surface area contributed by atoms with Gasteiger partial charge < -0.3 is 19.6 Å². The number of furan rings is 1. The van der Waals surface area contributed by atoms with Gasteiger partial charge in [0.15, 0.2) is 11.9 Å². The van der Waals surface area contributed by atoms with Gasteiger partial charge in [0.1, 0.15) is 6.54 Å². The van der Waals surface area contributed by atoms with Crippen molar-refractivity contribution < 1.29 is 23.8 Å². The molecule has 2 N–H and O–H groups in total. The number of rotatable bonds is 7. The number of methoxy groups -OCH3 is 1. The largest absolute Gasteiger partial charge is 0.479 e. The third kappa shape index (κ3) is 3.86. The number of ether oxygens (including phenoxy) is 1. The number of carboxylic acids is 1. The van der Waals surface area contributed by atoms with Crippen LogP contribution in [-0.2, 0) is 20.9 Å². The number of carbonyl (C=O) groups excluding carboxylic acids is 1. The highest BCUT2D eigenvalue weighted by atomic mass is 16.5. The molecule has 0 saturated heterocycles. The Morgan fingerprint density at radius 3 is 3.00 bits per heavy atom. The predicted molar refractivity (Wildman–Crippen MR) is 67.0 cm³/mol. The lowest BCUT2D eigenvalue weighted by Gasteiger charge is -2.10. The average molecular weight is 295 g/mol. The van der Waals surface area contributed by atoms with Crippen molar-refractivity contribution >= 4 is 11.9 Å². The molecule has 0 aliphatic rings. The molecule has 0 radical (unpaired) electrons. The molecule has 0 aliphatic carbocycles. The maximum absolute atomic E-state index is 11.6. The Morgan fingerprint density at radius 2 is 2.38 bits per heavy atom. The fourth-order valence-corrected chi connectivity index (χ4v) is 1.48. The smallest absolute Gasteiger partial charge is 0.334 e. The standard InChI is InChI=1S/C11H13N5O5/c1-20-8(11(18)19)5-12-9(17)6-16-14-10(13-15-16)7-3-2-4-21-7/h2-4,8H,5-6H2,1H3,(H,12,17)(H,18,19). The molecular formula is C11H13N5O5. The number of carbonyl (C=O) groups is 2. The highest BCUT2D eigenvalue weighted by Gasteiger charge is 2.18. The minimum atomic E-state index is -1.16. The fraction of sp³-hybridized carbons (Fsp3) is 0.364. The van der Waals surface area contributed by atoms with Crippen molar-refractivity contribution in [2.45, 2.75) is 12.6 Å². The van der Waals surface area contributed by atoms with Gasteiger partial charge in [-0.3, -0.25) is 4.79 Å². The van der Waals surface area contributed by atoms with Crippen LogP contribution in [0.15, 0.2) is 22.8 Å². The number of aromatic nitrogens is 4. The van der Waals surface area contributed by atoms with E-state index in [4.69, 9.17) is 9.52 Å². The van der Waals surface area contributed by atoms with Crippen LogP contribution in [0.3, 0.4) is 0 Å². The Morgan fingerprint density at radius 1 is 1.57 bits per heavy atom. The molecule has 0 saturated carbocycles. The zero-order valence-corrected chi connectivity index (χ0v) is 11.1. The molecule has 2 heterocycles. The van der Waals surface area contributed by atoms with E-state index in [0.717, 1.165) is 4.80 Å². The van der Waals surface area contributed by atoms with Crippen molar-refractivity contribution in [3.05, 3.63) is 18.4 Å². The summed E-state index contributed by atoms with van der Waals surface area (Å²) in [6, 6.07) is 3.34. The third-order valence-corrected chi connectivity index (χ3v) is 2.52. The first-order valence-corrected chi connectivity index (χ1v) is 5.94. The van der Waals surface area contributed by atoms with Crippen molar-refractivity contribution in [1.82, 2.24) is 25.5 Å². The summed E-state index contributed by atoms with van der Waals surface area (Å²) >= 11 is 0. The summed E-state index contributed by atoms with van der Waals surface area (Å²) in [5, 5.41) is 22.6. The van der Waals surface area contributed by atoms with Gasteiger partial charge in [0.25, 0.3) is 0 Å². The summed E-state index contributed by atoms with van der Waals surface area (Å²) in [6.45, 7) is -0.339. The van der Waals surface area contributed by atoms with Gasteiger partial charge in [0.05, 0.1) is 12.8 Å². The molecule has 1 unspecified atom stereocenters. The predicted octanol–water partition coefficient (Wildman–Crippen LogP) is -0.851. The van der Waals surface area contributed by atoms with E-state index in [1.165, 1.54) is 13.4 Å². The van der Waals surface area contributed by atoms with Crippen molar-refractivity contribution in [2.24, 2.45) is 0 Å². The molecule has 10 heteroatoms. The van der Waals surface area contributed by atoms with Crippen molar-refractivity contribution in [1.29, 1.82) is 0 Å². The van der Waals surface area contributed by atoms with E-state index in [1.54, 1.807) is 12.1 Å². The monoisotopic (exact) mass is 295 g/mol. The molecular weight excluding hydrogens is 282 g/mol. The first-order chi connectivity index (χ1) is 10.1. The van der Waals surface area contributed by atoms with E-state index in [0.29, 0.717) is 5.76 Å². The van der Waals surface area contributed by atoms with Crippen LogP contribution >= 0.6 is 0 Å². The van der Waals surface area contributed by atoms with Crippen LogP contribution in [0.5, 0.6) is 0 Å². The van der Waals surface area contributed by atoms with E-state index < -0.39 is 18.0 Å². The second kappa shape index (κ2) is 6.61. The van der Waals surface area contributed by atoms with Crippen molar-refractivity contribution in [2.75, 3.05) is 13.7 Å². The van der Waals surface area contributed by atoms with Crippen LogP contribution in [0.25, 0.3) is 11.6 Å². The molecule has 0 fully saturated rings. The number of amides is 1. The first-order valence-electron chi connectivity index (χ1n) is 5.94. The Hall–Kier alpha value is -2.75. The minimum absolute atomic E-state index is 0.148. The number of tetrazole rings is 1. The first kappa shape index (κ1) is 14.7. The van der Waals surface area contributed by atoms with Crippen LogP contribution in [0, 0.1) is 0 Å². The van der Waals surface area contributed by atoms with Gasteiger partial charge in [-0.25, -0.2) is 4.79 Å². The van der Waals surface area contributed by atoms with Gasteiger partial charge in [-0.1, -0.05) is 0 Å². The summed E-state index contributed by atoms with van der Waals surface area (Å²) < 4.78 is 9.79. The molecule has 2 aromatic rings. The Kier molecular flexibility index (Phi) is 4.61. The Balaban J connectivity index is 1.87. The molecule has 10 nitrogen and oxygen atoms in total. The minimum Gasteiger partial charge on any atom is -0.479 e. The van der Waals surface area contributed by atoms with Gasteiger partial charge >= 0.3 is 5.97 Å². The molecule has 2 aromatic heterocycles. The zero-order valence-electron chi connectivity index (χ0n) is 11.1. The zero-order chi connectivity index (χ0) is 15.2. The number of aliphatic carboxylic acids is 1. The number of hydrogen-bond donors (Lipinski definition) is 2. The molecule has 0 bridgehead atoms. The second-order valence-corrected chi connectivity index (χ2v) is 3.99. The van der Waals surface area contributed by atoms with E-state index in [1.807, 2.05) is 0 Å². The van der Waals surface area contributed by atoms with Crippen LogP contribution in [0.2, 0.25) is 0 Å². The van der Waals surface area contributed by atoms with Crippen LogP contribution in [0.4, 0.5) is 0 Å². The third-order valence-electron chi connectivity index (χ3n) is 2.52. The number of hydrogen-bond acceptors (Lipinski definition) is 7. The lowest BCUT2D eigenvalue weighted by atomic mass is 10.3. The Labute approximate surface area is 118 Å². The van der Waals surface area contributed by atoms with Gasteiger partial charge in [-0.15, -0.1) is 10.2 Å². The molecule has 0 aliphatic heterocycles.